The molecule has 204 valence electrons. The Morgan fingerprint density at radius 1 is 0.892 bits per heavy atom. The van der Waals surface area contributed by atoms with Crippen molar-refractivity contribution in [3.8, 4) is 22.6 Å². The van der Waals surface area contributed by atoms with Gasteiger partial charge in [0.05, 0.1) is 12.5 Å². The van der Waals surface area contributed by atoms with Crippen molar-refractivity contribution in [3.05, 3.63) is 60.7 Å². The summed E-state index contributed by atoms with van der Waals surface area (Å²) in [5, 5.41) is 0. The summed E-state index contributed by atoms with van der Waals surface area (Å²) in [7, 11) is 1.69. The molecule has 0 N–H and O–H groups in total. The number of alkyl halides is 2. The highest BCUT2D eigenvalue weighted by atomic mass is 19.3. The van der Waals surface area contributed by atoms with E-state index in [1.165, 1.54) is 6.07 Å². The SMILES string of the molecule is C=CCCC1CCC(C(F)(F)Oc2ccc(-c3ccc(OCCCCCCOC)cc3)c(F)c2F)CC1. The van der Waals surface area contributed by atoms with Gasteiger partial charge in [0, 0.05) is 19.3 Å². The number of hydrogen-bond acceptors (Lipinski definition) is 3. The standard InChI is InChI=1S/C30H38F4O3/c1-3-4-9-22-10-14-24(15-11-22)30(33,34)37-27-19-18-26(28(31)29(27)32)23-12-16-25(17-13-23)36-21-8-6-5-7-20-35-2/h3,12-13,16-19,22,24H,1,4-11,14-15,20-21H2,2H3. The van der Waals surface area contributed by atoms with Gasteiger partial charge in [-0.05, 0) is 93.5 Å². The lowest BCUT2D eigenvalue weighted by Gasteiger charge is -2.33. The molecule has 0 aliphatic heterocycles. The second-order valence-electron chi connectivity index (χ2n) is 9.77. The molecule has 1 aliphatic rings. The fourth-order valence-corrected chi connectivity index (χ4v) is 4.83. The Morgan fingerprint density at radius 3 is 2.22 bits per heavy atom. The molecular formula is C30H38F4O3. The Morgan fingerprint density at radius 2 is 1.57 bits per heavy atom. The summed E-state index contributed by atoms with van der Waals surface area (Å²) in [4.78, 5) is 0. The number of benzene rings is 2. The molecule has 1 fully saturated rings. The van der Waals surface area contributed by atoms with Crippen molar-refractivity contribution < 1.29 is 31.8 Å². The van der Waals surface area contributed by atoms with Gasteiger partial charge in [-0.25, -0.2) is 4.39 Å². The first-order chi connectivity index (χ1) is 17.9. The number of ether oxygens (including phenoxy) is 3. The molecule has 0 unspecified atom stereocenters. The summed E-state index contributed by atoms with van der Waals surface area (Å²) in [5.41, 5.74) is 0.389. The van der Waals surface area contributed by atoms with Crippen molar-refractivity contribution in [2.75, 3.05) is 20.3 Å². The van der Waals surface area contributed by atoms with Crippen LogP contribution in [0.1, 0.15) is 64.2 Å². The number of halogens is 4. The molecule has 0 saturated heterocycles. The average Bonchev–Trinajstić information content (AvgIpc) is 2.90. The minimum atomic E-state index is -3.57. The van der Waals surface area contributed by atoms with Crippen molar-refractivity contribution >= 4 is 0 Å². The van der Waals surface area contributed by atoms with Crippen LogP contribution in [0.25, 0.3) is 11.1 Å². The van der Waals surface area contributed by atoms with Gasteiger partial charge in [0.25, 0.3) is 0 Å². The van der Waals surface area contributed by atoms with Crippen LogP contribution in [0.4, 0.5) is 17.6 Å². The predicted octanol–water partition coefficient (Wildman–Crippen LogP) is 8.96. The number of hydrogen-bond donors (Lipinski definition) is 0. The maximum atomic E-state index is 14.9. The van der Waals surface area contributed by atoms with Crippen LogP contribution >= 0.6 is 0 Å². The molecule has 7 heteroatoms. The molecule has 37 heavy (non-hydrogen) atoms. The summed E-state index contributed by atoms with van der Waals surface area (Å²) in [6, 6.07) is 8.94. The highest BCUT2D eigenvalue weighted by molar-refractivity contribution is 5.66. The zero-order valence-electron chi connectivity index (χ0n) is 21.6. The largest absolute Gasteiger partial charge is 0.494 e. The average molecular weight is 523 g/mol. The van der Waals surface area contributed by atoms with E-state index in [0.717, 1.165) is 51.2 Å². The van der Waals surface area contributed by atoms with E-state index < -0.39 is 29.4 Å². The van der Waals surface area contributed by atoms with Gasteiger partial charge in [0.1, 0.15) is 5.75 Å². The molecule has 0 amide bonds. The quantitative estimate of drug-likeness (QED) is 0.133. The van der Waals surface area contributed by atoms with Gasteiger partial charge in [-0.2, -0.15) is 13.2 Å². The van der Waals surface area contributed by atoms with Crippen molar-refractivity contribution in [1.29, 1.82) is 0 Å². The smallest absolute Gasteiger partial charge is 0.400 e. The molecule has 1 saturated carbocycles. The van der Waals surface area contributed by atoms with Gasteiger partial charge in [-0.1, -0.05) is 24.6 Å². The first-order valence-electron chi connectivity index (χ1n) is 13.2. The maximum absolute atomic E-state index is 14.9. The van der Waals surface area contributed by atoms with E-state index in [1.54, 1.807) is 31.4 Å². The fraction of sp³-hybridized carbons (Fsp3) is 0.533. The van der Waals surface area contributed by atoms with Crippen molar-refractivity contribution in [1.82, 2.24) is 0 Å². The Kier molecular flexibility index (Phi) is 11.3. The lowest BCUT2D eigenvalue weighted by atomic mass is 9.79. The Balaban J connectivity index is 1.56. The van der Waals surface area contributed by atoms with Crippen LogP contribution in [0.5, 0.6) is 11.5 Å². The molecular weight excluding hydrogens is 484 g/mol. The zero-order valence-corrected chi connectivity index (χ0v) is 21.6. The monoisotopic (exact) mass is 522 g/mol. The van der Waals surface area contributed by atoms with Gasteiger partial charge in [0.15, 0.2) is 11.6 Å². The third kappa shape index (κ3) is 8.49. The molecule has 3 rings (SSSR count). The van der Waals surface area contributed by atoms with E-state index in [-0.39, 0.29) is 5.56 Å². The summed E-state index contributed by atoms with van der Waals surface area (Å²) in [5.74, 6) is -3.41. The minimum Gasteiger partial charge on any atom is -0.494 e. The fourth-order valence-electron chi connectivity index (χ4n) is 4.83. The Labute approximate surface area is 217 Å². The van der Waals surface area contributed by atoms with E-state index in [1.807, 2.05) is 6.08 Å². The van der Waals surface area contributed by atoms with E-state index in [0.29, 0.717) is 49.5 Å². The third-order valence-corrected chi connectivity index (χ3v) is 7.07. The molecule has 1 aliphatic carbocycles. The number of unbranched alkanes of at least 4 members (excludes halogenated alkanes) is 3. The summed E-state index contributed by atoms with van der Waals surface area (Å²) >= 11 is 0. The van der Waals surface area contributed by atoms with Crippen LogP contribution in [0.2, 0.25) is 0 Å². The third-order valence-electron chi connectivity index (χ3n) is 7.07. The number of methoxy groups -OCH3 is 1. The van der Waals surface area contributed by atoms with Gasteiger partial charge in [0.2, 0.25) is 5.82 Å². The van der Waals surface area contributed by atoms with Gasteiger partial charge >= 0.3 is 6.11 Å². The molecule has 0 radical (unpaired) electrons. The molecule has 0 aromatic heterocycles. The van der Waals surface area contributed by atoms with Crippen LogP contribution in [-0.2, 0) is 4.74 Å². The topological polar surface area (TPSA) is 27.7 Å². The number of rotatable bonds is 15. The number of allylic oxidation sites excluding steroid dienone is 1. The summed E-state index contributed by atoms with van der Waals surface area (Å²) in [6.45, 7) is 5.02. The predicted molar refractivity (Wildman–Crippen MR) is 138 cm³/mol. The normalized spacial score (nSPS) is 18.0. The summed E-state index contributed by atoms with van der Waals surface area (Å²) in [6.07, 6.45) is 6.03. The van der Waals surface area contributed by atoms with Gasteiger partial charge in [-0.3, -0.25) is 0 Å². The second kappa shape index (κ2) is 14.4. The van der Waals surface area contributed by atoms with Crippen LogP contribution in [-0.4, -0.2) is 26.4 Å². The van der Waals surface area contributed by atoms with Gasteiger partial charge < -0.3 is 14.2 Å². The first-order valence-corrected chi connectivity index (χ1v) is 13.2. The van der Waals surface area contributed by atoms with Crippen molar-refractivity contribution in [3.63, 3.8) is 0 Å². The van der Waals surface area contributed by atoms with Crippen LogP contribution < -0.4 is 9.47 Å². The Hall–Kier alpha value is -2.54. The highest BCUT2D eigenvalue weighted by Crippen LogP contribution is 2.42. The first kappa shape index (κ1) is 29.0. The minimum absolute atomic E-state index is 0.0272. The lowest BCUT2D eigenvalue weighted by molar-refractivity contribution is -0.224. The molecule has 2 aromatic carbocycles. The lowest BCUT2D eigenvalue weighted by Crippen LogP contribution is -2.37. The highest BCUT2D eigenvalue weighted by Gasteiger charge is 2.44. The Bertz CT molecular complexity index is 970. The van der Waals surface area contributed by atoms with E-state index in [2.05, 4.69) is 6.58 Å². The van der Waals surface area contributed by atoms with Crippen LogP contribution in [0, 0.1) is 23.5 Å². The van der Waals surface area contributed by atoms with Crippen molar-refractivity contribution in [2.24, 2.45) is 11.8 Å². The van der Waals surface area contributed by atoms with Crippen LogP contribution in [0.15, 0.2) is 49.1 Å². The molecule has 0 heterocycles. The molecule has 0 spiro atoms. The molecule has 3 nitrogen and oxygen atoms in total. The molecule has 0 atom stereocenters. The second-order valence-corrected chi connectivity index (χ2v) is 9.77. The molecule has 2 aromatic rings. The zero-order chi connectivity index (χ0) is 26.7. The maximum Gasteiger partial charge on any atom is 0.400 e. The van der Waals surface area contributed by atoms with E-state index in [4.69, 9.17) is 14.2 Å². The van der Waals surface area contributed by atoms with Crippen molar-refractivity contribution in [2.45, 2.75) is 70.3 Å². The van der Waals surface area contributed by atoms with E-state index >= 15 is 0 Å². The van der Waals surface area contributed by atoms with E-state index in [9.17, 15) is 17.6 Å². The van der Waals surface area contributed by atoms with Crippen LogP contribution in [0.3, 0.4) is 0 Å². The van der Waals surface area contributed by atoms with Gasteiger partial charge in [-0.15, -0.1) is 6.58 Å². The summed E-state index contributed by atoms with van der Waals surface area (Å²) < 4.78 is 74.8. The molecule has 0 bridgehead atoms.